The van der Waals surface area contributed by atoms with Crippen LogP contribution in [-0.4, -0.2) is 53.4 Å². The van der Waals surface area contributed by atoms with E-state index in [-0.39, 0.29) is 0 Å². The Kier molecular flexibility index (Phi) is 7.91. The van der Waals surface area contributed by atoms with Crippen LogP contribution in [-0.2, 0) is 13.1 Å². The van der Waals surface area contributed by atoms with Gasteiger partial charge in [-0.3, -0.25) is 9.67 Å². The van der Waals surface area contributed by atoms with Gasteiger partial charge in [-0.1, -0.05) is 36.8 Å². The summed E-state index contributed by atoms with van der Waals surface area (Å²) >= 11 is 0. The molecule has 1 atom stereocenters. The number of hydrogen-bond acceptors (Lipinski definition) is 3. The van der Waals surface area contributed by atoms with Crippen molar-refractivity contribution in [2.75, 3.05) is 26.7 Å². The second-order valence-corrected chi connectivity index (χ2v) is 7.62. The first kappa shape index (κ1) is 20.4. The summed E-state index contributed by atoms with van der Waals surface area (Å²) in [4.78, 5) is 6.94. The maximum absolute atomic E-state index is 4.46. The summed E-state index contributed by atoms with van der Waals surface area (Å²) in [5.41, 5.74) is 2.41. The molecule has 1 saturated heterocycles. The summed E-state index contributed by atoms with van der Waals surface area (Å²) in [6, 6.07) is 11.1. The smallest absolute Gasteiger partial charge is 0.191 e. The SMILES string of the molecule is CN=C(NCCCN1CCCCC1C)NCc1cnn(Cc2ccccc2)c1. The highest BCUT2D eigenvalue weighted by atomic mass is 15.3. The molecular weight excluding hydrogens is 348 g/mol. The molecule has 1 fully saturated rings. The molecule has 152 valence electrons. The third-order valence-corrected chi connectivity index (χ3v) is 5.41. The minimum Gasteiger partial charge on any atom is -0.356 e. The molecule has 0 bridgehead atoms. The molecule has 1 aromatic carbocycles. The van der Waals surface area contributed by atoms with Gasteiger partial charge in [0.25, 0.3) is 0 Å². The van der Waals surface area contributed by atoms with Crippen molar-refractivity contribution < 1.29 is 0 Å². The van der Waals surface area contributed by atoms with Gasteiger partial charge in [0, 0.05) is 44.5 Å². The van der Waals surface area contributed by atoms with Crippen molar-refractivity contribution in [1.82, 2.24) is 25.3 Å². The first-order valence-corrected chi connectivity index (χ1v) is 10.5. The van der Waals surface area contributed by atoms with Crippen LogP contribution in [0.3, 0.4) is 0 Å². The number of aromatic nitrogens is 2. The molecular formula is C22H34N6. The molecule has 3 rings (SSSR count). The van der Waals surface area contributed by atoms with E-state index in [0.29, 0.717) is 0 Å². The fourth-order valence-corrected chi connectivity index (χ4v) is 3.74. The number of nitrogens with zero attached hydrogens (tertiary/aromatic N) is 4. The van der Waals surface area contributed by atoms with Crippen LogP contribution in [0, 0.1) is 0 Å². The zero-order valence-electron chi connectivity index (χ0n) is 17.3. The summed E-state index contributed by atoms with van der Waals surface area (Å²) in [6.45, 7) is 7.22. The Bertz CT molecular complexity index is 724. The highest BCUT2D eigenvalue weighted by Crippen LogP contribution is 2.16. The number of likely N-dealkylation sites (tertiary alicyclic amines) is 1. The van der Waals surface area contributed by atoms with Gasteiger partial charge in [0.15, 0.2) is 5.96 Å². The van der Waals surface area contributed by atoms with Gasteiger partial charge in [-0.15, -0.1) is 0 Å². The molecule has 0 amide bonds. The molecule has 28 heavy (non-hydrogen) atoms. The first-order chi connectivity index (χ1) is 13.7. The Balaban J connectivity index is 1.36. The monoisotopic (exact) mass is 382 g/mol. The second-order valence-electron chi connectivity index (χ2n) is 7.62. The minimum atomic E-state index is 0.720. The molecule has 2 N–H and O–H groups in total. The average Bonchev–Trinajstić information content (AvgIpc) is 3.17. The highest BCUT2D eigenvalue weighted by Gasteiger charge is 2.17. The molecule has 0 spiro atoms. The molecule has 2 heterocycles. The Labute approximate surface area is 169 Å². The lowest BCUT2D eigenvalue weighted by atomic mass is 10.0. The van der Waals surface area contributed by atoms with E-state index in [1.807, 2.05) is 24.0 Å². The van der Waals surface area contributed by atoms with E-state index < -0.39 is 0 Å². The zero-order chi connectivity index (χ0) is 19.6. The fourth-order valence-electron chi connectivity index (χ4n) is 3.74. The van der Waals surface area contributed by atoms with E-state index >= 15 is 0 Å². The number of hydrogen-bond donors (Lipinski definition) is 2. The van der Waals surface area contributed by atoms with E-state index in [0.717, 1.165) is 50.2 Å². The normalized spacial score (nSPS) is 18.2. The van der Waals surface area contributed by atoms with Crippen LogP contribution in [0.15, 0.2) is 47.7 Å². The number of piperidine rings is 1. The molecule has 1 unspecified atom stereocenters. The van der Waals surface area contributed by atoms with Gasteiger partial charge in [-0.2, -0.15) is 5.10 Å². The van der Waals surface area contributed by atoms with E-state index in [1.54, 1.807) is 0 Å². The maximum Gasteiger partial charge on any atom is 0.191 e. The topological polar surface area (TPSA) is 57.5 Å². The Morgan fingerprint density at radius 1 is 1.18 bits per heavy atom. The van der Waals surface area contributed by atoms with Gasteiger partial charge in [-0.05, 0) is 38.3 Å². The third-order valence-electron chi connectivity index (χ3n) is 5.41. The van der Waals surface area contributed by atoms with Gasteiger partial charge in [-0.25, -0.2) is 0 Å². The van der Waals surface area contributed by atoms with Crippen LogP contribution in [0.5, 0.6) is 0 Å². The van der Waals surface area contributed by atoms with Crippen molar-refractivity contribution in [3.8, 4) is 0 Å². The van der Waals surface area contributed by atoms with Crippen LogP contribution in [0.4, 0.5) is 0 Å². The Morgan fingerprint density at radius 3 is 2.82 bits per heavy atom. The van der Waals surface area contributed by atoms with Crippen LogP contribution in [0.2, 0.25) is 0 Å². The number of guanidine groups is 1. The molecule has 1 aliphatic rings. The van der Waals surface area contributed by atoms with Crippen molar-refractivity contribution in [1.29, 1.82) is 0 Å². The van der Waals surface area contributed by atoms with E-state index in [1.165, 1.54) is 31.4 Å². The molecule has 0 radical (unpaired) electrons. The molecule has 0 aliphatic carbocycles. The average molecular weight is 383 g/mol. The molecule has 1 aromatic heterocycles. The minimum absolute atomic E-state index is 0.720. The lowest BCUT2D eigenvalue weighted by molar-refractivity contribution is 0.159. The molecule has 0 saturated carbocycles. The van der Waals surface area contributed by atoms with Crippen molar-refractivity contribution in [2.45, 2.75) is 51.7 Å². The highest BCUT2D eigenvalue weighted by molar-refractivity contribution is 5.79. The van der Waals surface area contributed by atoms with Crippen LogP contribution < -0.4 is 10.6 Å². The quantitative estimate of drug-likeness (QED) is 0.419. The summed E-state index contributed by atoms with van der Waals surface area (Å²) in [6.07, 6.45) is 9.22. The lowest BCUT2D eigenvalue weighted by Gasteiger charge is -2.33. The number of nitrogens with one attached hydrogen (secondary N) is 2. The van der Waals surface area contributed by atoms with Crippen molar-refractivity contribution >= 4 is 5.96 Å². The van der Waals surface area contributed by atoms with Gasteiger partial charge in [0.05, 0.1) is 12.7 Å². The zero-order valence-corrected chi connectivity index (χ0v) is 17.3. The number of aliphatic imine (C=N–C) groups is 1. The van der Waals surface area contributed by atoms with Gasteiger partial charge in [0.2, 0.25) is 0 Å². The molecule has 2 aromatic rings. The fraction of sp³-hybridized carbons (Fsp3) is 0.545. The van der Waals surface area contributed by atoms with Crippen molar-refractivity contribution in [3.05, 3.63) is 53.9 Å². The Morgan fingerprint density at radius 2 is 2.04 bits per heavy atom. The summed E-state index contributed by atoms with van der Waals surface area (Å²) in [5, 5.41) is 11.3. The number of rotatable bonds is 8. The van der Waals surface area contributed by atoms with Crippen molar-refractivity contribution in [2.24, 2.45) is 4.99 Å². The van der Waals surface area contributed by atoms with Gasteiger partial charge >= 0.3 is 0 Å². The summed E-state index contributed by atoms with van der Waals surface area (Å²) in [5.74, 6) is 0.850. The lowest BCUT2D eigenvalue weighted by Crippen LogP contribution is -2.41. The van der Waals surface area contributed by atoms with Crippen LogP contribution in [0.25, 0.3) is 0 Å². The van der Waals surface area contributed by atoms with E-state index in [9.17, 15) is 0 Å². The molecule has 6 heteroatoms. The van der Waals surface area contributed by atoms with Gasteiger partial charge < -0.3 is 15.5 Å². The molecule has 6 nitrogen and oxygen atoms in total. The van der Waals surface area contributed by atoms with Crippen LogP contribution >= 0.6 is 0 Å². The second kappa shape index (κ2) is 10.9. The summed E-state index contributed by atoms with van der Waals surface area (Å²) < 4.78 is 1.97. The predicted molar refractivity (Wildman–Crippen MR) is 115 cm³/mol. The maximum atomic E-state index is 4.46. The van der Waals surface area contributed by atoms with E-state index in [2.05, 4.69) is 63.0 Å². The van der Waals surface area contributed by atoms with E-state index in [4.69, 9.17) is 0 Å². The van der Waals surface area contributed by atoms with Crippen molar-refractivity contribution in [3.63, 3.8) is 0 Å². The predicted octanol–water partition coefficient (Wildman–Crippen LogP) is 2.86. The number of benzene rings is 1. The van der Waals surface area contributed by atoms with Gasteiger partial charge in [0.1, 0.15) is 0 Å². The van der Waals surface area contributed by atoms with Crippen LogP contribution in [0.1, 0.15) is 43.7 Å². The standard InChI is InChI=1S/C22H34N6/c1-19-9-6-7-13-27(19)14-8-12-24-22(23-2)25-15-21-16-26-28(18-21)17-20-10-4-3-5-11-20/h3-5,10-11,16,18-19H,6-9,12-15,17H2,1-2H3,(H2,23,24,25). The largest absolute Gasteiger partial charge is 0.356 e. The first-order valence-electron chi connectivity index (χ1n) is 10.5. The summed E-state index contributed by atoms with van der Waals surface area (Å²) in [7, 11) is 1.82. The molecule has 1 aliphatic heterocycles. The third kappa shape index (κ3) is 6.37. The Hall–Kier alpha value is -2.34.